The highest BCUT2D eigenvalue weighted by atomic mass is 79.9. The van der Waals surface area contributed by atoms with Crippen LogP contribution in [0.4, 0.5) is 10.5 Å². The molecule has 0 saturated carbocycles. The van der Waals surface area contributed by atoms with E-state index in [1.165, 1.54) is 0 Å². The molecule has 0 radical (unpaired) electrons. The van der Waals surface area contributed by atoms with Crippen molar-refractivity contribution in [3.05, 3.63) is 39.1 Å². The molecule has 0 amide bonds. The van der Waals surface area contributed by atoms with E-state index >= 15 is 0 Å². The Morgan fingerprint density at radius 3 is 2.88 bits per heavy atom. The monoisotopic (exact) mass is 512 g/mol. The molecule has 1 aromatic heterocycles. The van der Waals surface area contributed by atoms with Gasteiger partial charge in [0.25, 0.3) is 5.09 Å². The van der Waals surface area contributed by atoms with Crippen LogP contribution in [0.1, 0.15) is 6.92 Å². The zero-order chi connectivity index (χ0) is 22.9. The number of fused-ring (bicyclic) bond motifs is 1. The fraction of sp³-hybridized carbons (Fsp3) is 0.444. The number of aliphatic imine (C=N–C) groups is 1. The van der Waals surface area contributed by atoms with Crippen LogP contribution in [-0.4, -0.2) is 77.8 Å². The predicted octanol–water partition coefficient (Wildman–Crippen LogP) is 2.20. The van der Waals surface area contributed by atoms with Gasteiger partial charge in [-0.1, -0.05) is 0 Å². The van der Waals surface area contributed by atoms with Crippen LogP contribution in [0.25, 0.3) is 11.0 Å². The first-order chi connectivity index (χ1) is 15.5. The minimum atomic E-state index is -0.907. The number of hydrogen-bond acceptors (Lipinski definition) is 12. The third-order valence-corrected chi connectivity index (χ3v) is 5.08. The van der Waals surface area contributed by atoms with Gasteiger partial charge in [0.15, 0.2) is 6.23 Å². The van der Waals surface area contributed by atoms with Crippen molar-refractivity contribution >= 4 is 44.8 Å². The molecule has 1 N–H and O–H groups in total. The summed E-state index contributed by atoms with van der Waals surface area (Å²) in [4.78, 5) is 40.9. The predicted molar refractivity (Wildman–Crippen MR) is 116 cm³/mol. The number of halogens is 1. The Bertz CT molecular complexity index is 991. The summed E-state index contributed by atoms with van der Waals surface area (Å²) < 4.78 is 16.0. The maximum atomic E-state index is 11.9. The first kappa shape index (κ1) is 23.4. The summed E-state index contributed by atoms with van der Waals surface area (Å²) in [6, 6.07) is 3.70. The second-order valence-corrected chi connectivity index (χ2v) is 7.15. The van der Waals surface area contributed by atoms with Gasteiger partial charge in [-0.25, -0.2) is 4.79 Å². The number of carbonyl (C=O) groups excluding carboxylic acids is 1. The van der Waals surface area contributed by atoms with Gasteiger partial charge in [0.05, 0.1) is 35.4 Å². The van der Waals surface area contributed by atoms with E-state index in [2.05, 4.69) is 41.0 Å². The topological polar surface area (TPSA) is 151 Å². The van der Waals surface area contributed by atoms with E-state index in [1.54, 1.807) is 24.2 Å². The first-order valence-electron chi connectivity index (χ1n) is 9.61. The van der Waals surface area contributed by atoms with Crippen molar-refractivity contribution < 1.29 is 28.9 Å². The van der Waals surface area contributed by atoms with Crippen molar-refractivity contribution in [3.63, 3.8) is 0 Å². The van der Waals surface area contributed by atoms with E-state index < -0.39 is 17.5 Å². The molecular weight excluding hydrogens is 492 g/mol. The molecule has 2 aromatic rings. The Kier molecular flexibility index (Phi) is 8.33. The number of hydrogen-bond donors (Lipinski definition) is 1. The zero-order valence-corrected chi connectivity index (χ0v) is 18.7. The Labute approximate surface area is 190 Å². The van der Waals surface area contributed by atoms with E-state index in [0.717, 1.165) is 15.7 Å². The van der Waals surface area contributed by atoms with Gasteiger partial charge in [-0.2, -0.15) is 0 Å². The molecule has 2 heterocycles. The lowest BCUT2D eigenvalue weighted by molar-refractivity contribution is -0.758. The van der Waals surface area contributed by atoms with Gasteiger partial charge < -0.3 is 29.3 Å². The maximum Gasteiger partial charge on any atom is 0.510 e. The molecule has 1 aliphatic rings. The minimum absolute atomic E-state index is 0.00494. The number of guanidine groups is 1. The number of anilines is 1. The smallest absolute Gasteiger partial charge is 0.432 e. The van der Waals surface area contributed by atoms with Gasteiger partial charge in [0, 0.05) is 18.9 Å². The van der Waals surface area contributed by atoms with Gasteiger partial charge in [-0.05, 0) is 35.0 Å². The van der Waals surface area contributed by atoms with Crippen LogP contribution >= 0.6 is 15.9 Å². The standard InChI is InChI=1S/C18H21BrN6O7/c1-12(32-18(26)30-10-8-29-9-11-31-25(27)28)24-7-6-22-17(24)23-13-2-3-14-16(15(13)19)21-5-4-20-14/h2-5,12H,6-11H2,1H3,(H,22,23). The van der Waals surface area contributed by atoms with Crippen LogP contribution < -0.4 is 5.32 Å². The SMILES string of the molecule is CC(OC(=O)OCCOCCO[N+](=O)[O-])N1CCN=C1Nc1ccc2nccnc2c1Br. The third kappa shape index (κ3) is 6.37. The number of rotatable bonds is 10. The van der Waals surface area contributed by atoms with Crippen molar-refractivity contribution in [1.29, 1.82) is 0 Å². The Hall–Kier alpha value is -3.26. The molecule has 1 aromatic carbocycles. The quantitative estimate of drug-likeness (QED) is 0.216. The van der Waals surface area contributed by atoms with E-state index in [1.807, 2.05) is 12.1 Å². The molecule has 14 heteroatoms. The highest BCUT2D eigenvalue weighted by Crippen LogP contribution is 2.29. The molecule has 0 bridgehead atoms. The molecule has 0 spiro atoms. The highest BCUT2D eigenvalue weighted by Gasteiger charge is 2.26. The second-order valence-electron chi connectivity index (χ2n) is 6.36. The minimum Gasteiger partial charge on any atom is -0.432 e. The summed E-state index contributed by atoms with van der Waals surface area (Å²) >= 11 is 3.55. The molecule has 1 atom stereocenters. The average molecular weight is 513 g/mol. The molecule has 1 aliphatic heterocycles. The summed E-state index contributed by atoms with van der Waals surface area (Å²) in [5.41, 5.74) is 2.21. The summed E-state index contributed by atoms with van der Waals surface area (Å²) in [7, 11) is 0. The normalized spacial score (nSPS) is 14.1. The van der Waals surface area contributed by atoms with Crippen molar-refractivity contribution in [2.75, 3.05) is 44.8 Å². The fourth-order valence-corrected chi connectivity index (χ4v) is 3.38. The van der Waals surface area contributed by atoms with Gasteiger partial charge in [-0.3, -0.25) is 15.0 Å². The highest BCUT2D eigenvalue weighted by molar-refractivity contribution is 9.10. The summed E-state index contributed by atoms with van der Waals surface area (Å²) in [5.74, 6) is 0.545. The number of nitrogens with one attached hydrogen (secondary N) is 1. The lowest BCUT2D eigenvalue weighted by Gasteiger charge is -2.27. The van der Waals surface area contributed by atoms with Crippen LogP contribution in [0, 0.1) is 10.1 Å². The second kappa shape index (κ2) is 11.4. The number of aromatic nitrogens is 2. The lowest BCUT2D eigenvalue weighted by Crippen LogP contribution is -2.42. The molecule has 0 saturated heterocycles. The van der Waals surface area contributed by atoms with Gasteiger partial charge in [0.1, 0.15) is 18.7 Å². The number of benzene rings is 1. The van der Waals surface area contributed by atoms with Crippen LogP contribution in [0.15, 0.2) is 34.0 Å². The third-order valence-electron chi connectivity index (χ3n) is 4.28. The van der Waals surface area contributed by atoms with E-state index in [9.17, 15) is 14.9 Å². The molecule has 1 unspecified atom stereocenters. The number of carbonyl (C=O) groups is 1. The molecule has 172 valence electrons. The molecule has 32 heavy (non-hydrogen) atoms. The summed E-state index contributed by atoms with van der Waals surface area (Å²) in [5, 5.41) is 12.3. The molecule has 13 nitrogen and oxygen atoms in total. The van der Waals surface area contributed by atoms with Crippen molar-refractivity contribution in [2.24, 2.45) is 4.99 Å². The van der Waals surface area contributed by atoms with Crippen LogP contribution in [0.5, 0.6) is 0 Å². The van der Waals surface area contributed by atoms with Gasteiger partial charge in [0.2, 0.25) is 5.96 Å². The van der Waals surface area contributed by atoms with Crippen LogP contribution in [0.2, 0.25) is 0 Å². The average Bonchev–Trinajstić information content (AvgIpc) is 3.23. The van der Waals surface area contributed by atoms with Crippen LogP contribution in [-0.2, 0) is 19.0 Å². The molecule has 3 rings (SSSR count). The molecule has 0 fully saturated rings. The van der Waals surface area contributed by atoms with E-state index in [4.69, 9.17) is 14.2 Å². The van der Waals surface area contributed by atoms with Crippen molar-refractivity contribution in [2.45, 2.75) is 13.2 Å². The molecular formula is C18H21BrN6O7. The van der Waals surface area contributed by atoms with E-state index in [-0.39, 0.29) is 26.4 Å². The Morgan fingerprint density at radius 1 is 1.28 bits per heavy atom. The summed E-state index contributed by atoms with van der Waals surface area (Å²) in [6.07, 6.45) is 1.74. The summed E-state index contributed by atoms with van der Waals surface area (Å²) in [6.45, 7) is 2.60. The zero-order valence-electron chi connectivity index (χ0n) is 17.1. The number of nitrogens with zero attached hydrogens (tertiary/aromatic N) is 5. The van der Waals surface area contributed by atoms with Crippen molar-refractivity contribution in [3.8, 4) is 0 Å². The fourth-order valence-electron chi connectivity index (χ4n) is 2.84. The molecule has 0 aliphatic carbocycles. The number of ether oxygens (including phenoxy) is 3. The Balaban J connectivity index is 1.46. The maximum absolute atomic E-state index is 11.9. The Morgan fingerprint density at radius 2 is 2.06 bits per heavy atom. The first-order valence-corrected chi connectivity index (χ1v) is 10.4. The van der Waals surface area contributed by atoms with Crippen molar-refractivity contribution in [1.82, 2.24) is 14.9 Å². The lowest BCUT2D eigenvalue weighted by atomic mass is 10.2. The van der Waals surface area contributed by atoms with E-state index in [0.29, 0.717) is 24.6 Å². The van der Waals surface area contributed by atoms with Crippen LogP contribution in [0.3, 0.4) is 0 Å². The van der Waals surface area contributed by atoms with Gasteiger partial charge in [-0.15, -0.1) is 10.1 Å². The van der Waals surface area contributed by atoms with Gasteiger partial charge >= 0.3 is 6.16 Å². The largest absolute Gasteiger partial charge is 0.510 e.